The summed E-state index contributed by atoms with van der Waals surface area (Å²) in [6.07, 6.45) is 4.21. The SMILES string of the molecule is COCc1nc2c(c(C)c1Cl)CN(C(=O)CC1CN(c3cccnc3)C1)C2. The number of aromatic nitrogens is 2. The van der Waals surface area contributed by atoms with E-state index in [2.05, 4.69) is 20.9 Å². The van der Waals surface area contributed by atoms with E-state index in [1.807, 2.05) is 24.1 Å². The minimum Gasteiger partial charge on any atom is -0.378 e. The van der Waals surface area contributed by atoms with Crippen LogP contribution in [0.5, 0.6) is 0 Å². The van der Waals surface area contributed by atoms with E-state index >= 15 is 0 Å². The molecular weight excluding hydrogens is 364 g/mol. The first kappa shape index (κ1) is 18.2. The van der Waals surface area contributed by atoms with Gasteiger partial charge in [0.2, 0.25) is 5.91 Å². The number of rotatable bonds is 5. The zero-order valence-corrected chi connectivity index (χ0v) is 16.4. The smallest absolute Gasteiger partial charge is 0.223 e. The van der Waals surface area contributed by atoms with E-state index in [0.29, 0.717) is 37.1 Å². The molecule has 0 unspecified atom stereocenters. The van der Waals surface area contributed by atoms with E-state index in [0.717, 1.165) is 41.3 Å². The number of ether oxygens (including phenoxy) is 1. The van der Waals surface area contributed by atoms with Crippen molar-refractivity contribution in [1.29, 1.82) is 0 Å². The summed E-state index contributed by atoms with van der Waals surface area (Å²) in [6.45, 7) is 5.33. The third-order valence-corrected chi connectivity index (χ3v) is 5.91. The monoisotopic (exact) mass is 386 g/mol. The Morgan fingerprint density at radius 3 is 2.89 bits per heavy atom. The van der Waals surface area contributed by atoms with Crippen molar-refractivity contribution >= 4 is 23.2 Å². The van der Waals surface area contributed by atoms with Gasteiger partial charge in [-0.1, -0.05) is 11.6 Å². The van der Waals surface area contributed by atoms with E-state index in [4.69, 9.17) is 16.3 Å². The van der Waals surface area contributed by atoms with E-state index in [1.165, 1.54) is 0 Å². The number of methoxy groups -OCH3 is 1. The summed E-state index contributed by atoms with van der Waals surface area (Å²) >= 11 is 6.42. The average molecular weight is 387 g/mol. The van der Waals surface area contributed by atoms with E-state index < -0.39 is 0 Å². The van der Waals surface area contributed by atoms with Crippen molar-refractivity contribution in [3.8, 4) is 0 Å². The van der Waals surface area contributed by atoms with Crippen LogP contribution in [0.15, 0.2) is 24.5 Å². The highest BCUT2D eigenvalue weighted by Gasteiger charge is 2.33. The molecule has 0 spiro atoms. The predicted molar refractivity (Wildman–Crippen MR) is 104 cm³/mol. The lowest BCUT2D eigenvalue weighted by Gasteiger charge is -2.41. The van der Waals surface area contributed by atoms with Gasteiger partial charge < -0.3 is 14.5 Å². The van der Waals surface area contributed by atoms with Crippen molar-refractivity contribution in [1.82, 2.24) is 14.9 Å². The summed E-state index contributed by atoms with van der Waals surface area (Å²) in [7, 11) is 1.63. The maximum atomic E-state index is 12.8. The molecule has 1 saturated heterocycles. The Morgan fingerprint density at radius 1 is 1.37 bits per heavy atom. The largest absolute Gasteiger partial charge is 0.378 e. The van der Waals surface area contributed by atoms with Gasteiger partial charge in [0, 0.05) is 45.3 Å². The fraction of sp³-hybridized carbons (Fsp3) is 0.450. The Labute approximate surface area is 164 Å². The topological polar surface area (TPSA) is 58.6 Å². The van der Waals surface area contributed by atoms with Crippen LogP contribution in [-0.4, -0.2) is 41.0 Å². The van der Waals surface area contributed by atoms with Gasteiger partial charge in [0.05, 0.1) is 41.4 Å². The van der Waals surface area contributed by atoms with Crippen LogP contribution >= 0.6 is 11.6 Å². The van der Waals surface area contributed by atoms with Gasteiger partial charge >= 0.3 is 0 Å². The van der Waals surface area contributed by atoms with Crippen molar-refractivity contribution in [2.45, 2.75) is 33.0 Å². The second-order valence-electron chi connectivity index (χ2n) is 7.29. The van der Waals surface area contributed by atoms with E-state index in [1.54, 1.807) is 13.3 Å². The van der Waals surface area contributed by atoms with Gasteiger partial charge in [-0.3, -0.25) is 14.8 Å². The molecule has 7 heteroatoms. The standard InChI is InChI=1S/C20H23ClN4O2/c1-13-16-10-25(11-17(16)23-18(12-27-2)20(13)21)19(26)6-14-8-24(9-14)15-4-3-5-22-7-15/h3-5,7,14H,6,8-12H2,1-2H3. The minimum atomic E-state index is 0.188. The molecule has 6 nitrogen and oxygen atoms in total. The summed E-state index contributed by atoms with van der Waals surface area (Å²) in [5.41, 5.74) is 4.91. The number of fused-ring (bicyclic) bond motifs is 1. The van der Waals surface area contributed by atoms with Crippen LogP contribution in [0.4, 0.5) is 5.69 Å². The van der Waals surface area contributed by atoms with Crippen molar-refractivity contribution in [2.75, 3.05) is 25.1 Å². The van der Waals surface area contributed by atoms with Gasteiger partial charge in [0.25, 0.3) is 0 Å². The summed E-state index contributed by atoms with van der Waals surface area (Å²) in [6, 6.07) is 3.99. The average Bonchev–Trinajstić information content (AvgIpc) is 3.07. The molecule has 2 aliphatic heterocycles. The van der Waals surface area contributed by atoms with Crippen LogP contribution in [0.2, 0.25) is 5.02 Å². The Hall–Kier alpha value is -2.18. The normalized spacial score (nSPS) is 16.4. The Kier molecular flexibility index (Phi) is 5.02. The maximum Gasteiger partial charge on any atom is 0.223 e. The maximum absolute atomic E-state index is 12.8. The molecular formula is C20H23ClN4O2. The fourth-order valence-corrected chi connectivity index (χ4v) is 4.06. The summed E-state index contributed by atoms with van der Waals surface area (Å²) in [5, 5.41) is 0.649. The summed E-state index contributed by atoms with van der Waals surface area (Å²) in [5.74, 6) is 0.579. The Balaban J connectivity index is 1.36. The summed E-state index contributed by atoms with van der Waals surface area (Å²) < 4.78 is 5.18. The second-order valence-corrected chi connectivity index (χ2v) is 7.67. The first-order valence-corrected chi connectivity index (χ1v) is 9.53. The van der Waals surface area contributed by atoms with Crippen LogP contribution in [0, 0.1) is 12.8 Å². The second kappa shape index (κ2) is 7.44. The van der Waals surface area contributed by atoms with Gasteiger partial charge in [-0.2, -0.15) is 0 Å². The molecule has 4 heterocycles. The molecule has 142 valence electrons. The molecule has 0 atom stereocenters. The Morgan fingerprint density at radius 2 is 2.19 bits per heavy atom. The lowest BCUT2D eigenvalue weighted by molar-refractivity contribution is -0.133. The van der Waals surface area contributed by atoms with Crippen LogP contribution in [0.25, 0.3) is 0 Å². The number of halogens is 1. The number of pyridine rings is 2. The number of nitrogens with zero attached hydrogens (tertiary/aromatic N) is 4. The van der Waals surface area contributed by atoms with Crippen molar-refractivity contribution in [3.05, 3.63) is 52.1 Å². The van der Waals surface area contributed by atoms with Crippen molar-refractivity contribution < 1.29 is 9.53 Å². The van der Waals surface area contributed by atoms with Gasteiger partial charge in [-0.05, 0) is 30.2 Å². The first-order chi connectivity index (χ1) is 13.1. The minimum absolute atomic E-state index is 0.188. The van der Waals surface area contributed by atoms with Gasteiger partial charge in [0.15, 0.2) is 0 Å². The molecule has 0 radical (unpaired) electrons. The van der Waals surface area contributed by atoms with Gasteiger partial charge in [-0.25, -0.2) is 0 Å². The molecule has 2 aromatic rings. The zero-order valence-electron chi connectivity index (χ0n) is 15.6. The Bertz CT molecular complexity index is 853. The zero-order chi connectivity index (χ0) is 19.0. The third kappa shape index (κ3) is 3.51. The van der Waals surface area contributed by atoms with Crippen molar-refractivity contribution in [2.24, 2.45) is 5.92 Å². The van der Waals surface area contributed by atoms with Crippen molar-refractivity contribution in [3.63, 3.8) is 0 Å². The molecule has 1 fully saturated rings. The lowest BCUT2D eigenvalue weighted by Crippen LogP contribution is -2.48. The number of carbonyl (C=O) groups is 1. The highest BCUT2D eigenvalue weighted by Crippen LogP contribution is 2.33. The molecule has 0 aromatic carbocycles. The van der Waals surface area contributed by atoms with Gasteiger partial charge in [-0.15, -0.1) is 0 Å². The van der Waals surface area contributed by atoms with Crippen LogP contribution < -0.4 is 4.90 Å². The number of hydrogen-bond acceptors (Lipinski definition) is 5. The highest BCUT2D eigenvalue weighted by molar-refractivity contribution is 6.32. The molecule has 4 rings (SSSR count). The molecule has 2 aromatic heterocycles. The van der Waals surface area contributed by atoms with E-state index in [-0.39, 0.29) is 5.91 Å². The molecule has 0 bridgehead atoms. The van der Waals surface area contributed by atoms with Crippen LogP contribution in [0.3, 0.4) is 0 Å². The van der Waals surface area contributed by atoms with Crippen LogP contribution in [-0.2, 0) is 29.2 Å². The number of hydrogen-bond donors (Lipinski definition) is 0. The fourth-order valence-electron chi connectivity index (χ4n) is 3.85. The number of amides is 1. The summed E-state index contributed by atoms with van der Waals surface area (Å²) in [4.78, 5) is 25.7. The number of anilines is 1. The first-order valence-electron chi connectivity index (χ1n) is 9.15. The van der Waals surface area contributed by atoms with Gasteiger partial charge in [0.1, 0.15) is 0 Å². The molecule has 0 saturated carbocycles. The molecule has 0 N–H and O–H groups in total. The quantitative estimate of drug-likeness (QED) is 0.790. The predicted octanol–water partition coefficient (Wildman–Crippen LogP) is 2.95. The number of carbonyl (C=O) groups excluding carboxylic acids is 1. The lowest BCUT2D eigenvalue weighted by atomic mass is 9.95. The molecule has 0 aliphatic carbocycles. The molecule has 1 amide bonds. The molecule has 27 heavy (non-hydrogen) atoms. The third-order valence-electron chi connectivity index (χ3n) is 5.41. The molecule has 2 aliphatic rings. The van der Waals surface area contributed by atoms with E-state index in [9.17, 15) is 4.79 Å². The highest BCUT2D eigenvalue weighted by atomic mass is 35.5. The van der Waals surface area contributed by atoms with Crippen LogP contribution in [0.1, 0.15) is 28.9 Å².